The molecular weight excluding hydrogens is 1610 g/mol. The van der Waals surface area contributed by atoms with Crippen molar-refractivity contribution >= 4 is 11.6 Å². The van der Waals surface area contributed by atoms with Crippen LogP contribution in [0.4, 0.5) is 5.69 Å². The Balaban J connectivity index is 0.913. The average molecular weight is 1740 g/mol. The van der Waals surface area contributed by atoms with E-state index in [1.54, 1.807) is 12.1 Å². The van der Waals surface area contributed by atoms with E-state index in [9.17, 15) is 4.79 Å². The number of aryl methyl sites for hydroxylation is 2. The number of anilines is 1. The van der Waals surface area contributed by atoms with E-state index in [0.29, 0.717) is 62.2 Å². The number of carbonyl (C=O) groups excluding carboxylic acids is 1. The summed E-state index contributed by atoms with van der Waals surface area (Å²) in [7, 11) is 25.7. The first-order valence-corrected chi connectivity index (χ1v) is 40.9. The SMILES string of the molecule is COC[C@H]1O[C@@H]2O[C@@H]3[C@@H](OC)[C@@H](OC)[C@@H](O[C@@H]4[C@@H](OC)[C@@H](OC)[C@@H](O[C@@H]5[C@@H](OC)[C@@H](OC)[C@@H](O[C@@H]6[C@@H](OC)[C@@H](OC)[C@@H](O[C@@H]7[C@@H](OC)[C@@H](OC)[C@@H](O[C@@H]1[C@@H](OC)[C@H]2OC)O[C@@H]7COC)O[C@@H]6COC)O[C@@H]5COc1ccc(C#Cc2ccc(OCCCC(=O)Nc5cc(C)c(OCCOCCOCCO)c(C)c5)cc2)cc1)O[C@@H]4COC)O[C@@H]3COC. The predicted molar refractivity (Wildman–Crippen MR) is 428 cm³/mol. The van der Waals surface area contributed by atoms with Crippen molar-refractivity contribution in [2.24, 2.45) is 0 Å². The molecule has 22 saturated heterocycles. The predicted octanol–water partition coefficient (Wildman–Crippen LogP) is 3.37. The van der Waals surface area contributed by atoms with Crippen molar-refractivity contribution in [2.45, 2.75) is 211 Å². The minimum atomic E-state index is -1.31. The zero-order valence-corrected chi connectivity index (χ0v) is 73.4. The molecule has 37 heteroatoms. The highest BCUT2D eigenvalue weighted by atomic mass is 16.8. The fourth-order valence-electron chi connectivity index (χ4n) is 16.6. The van der Waals surface area contributed by atoms with Crippen molar-refractivity contribution in [1.82, 2.24) is 0 Å². The Morgan fingerprint density at radius 1 is 0.328 bits per heavy atom. The number of aliphatic hydroxyl groups is 1. The van der Waals surface area contributed by atoms with Crippen LogP contribution >= 0.6 is 0 Å². The van der Waals surface area contributed by atoms with E-state index in [1.165, 1.54) is 121 Å². The van der Waals surface area contributed by atoms with Gasteiger partial charge in [0.15, 0.2) is 37.7 Å². The quantitative estimate of drug-likeness (QED) is 0.0609. The van der Waals surface area contributed by atoms with Gasteiger partial charge in [-0.15, -0.1) is 0 Å². The molecule has 3 aromatic carbocycles. The van der Waals surface area contributed by atoms with Gasteiger partial charge in [-0.2, -0.15) is 0 Å². The molecule has 122 heavy (non-hydrogen) atoms. The van der Waals surface area contributed by atoms with Crippen molar-refractivity contribution < 1.29 is 171 Å². The second-order valence-electron chi connectivity index (χ2n) is 29.9. The maximum atomic E-state index is 13.0. The molecule has 0 aliphatic carbocycles. The molecule has 690 valence electrons. The third-order valence-corrected chi connectivity index (χ3v) is 22.3. The maximum absolute atomic E-state index is 13.0. The monoisotopic (exact) mass is 1740 g/mol. The van der Waals surface area contributed by atoms with Crippen molar-refractivity contribution in [2.75, 3.05) is 212 Å². The molecule has 3 aromatic rings. The molecule has 0 unspecified atom stereocenters. The smallest absolute Gasteiger partial charge is 0.224 e. The van der Waals surface area contributed by atoms with E-state index in [1.807, 2.05) is 62.4 Å². The van der Waals surface area contributed by atoms with Gasteiger partial charge in [-0.3, -0.25) is 4.79 Å². The van der Waals surface area contributed by atoms with Crippen LogP contribution in [0.3, 0.4) is 0 Å². The van der Waals surface area contributed by atoms with Crippen LogP contribution in [0.15, 0.2) is 60.7 Å². The van der Waals surface area contributed by atoms with E-state index in [2.05, 4.69) is 17.2 Å². The number of nitrogens with one attached hydrogen (secondary N) is 1. The topological polar surface area (TPSA) is 363 Å². The van der Waals surface area contributed by atoms with Crippen molar-refractivity contribution in [3.05, 3.63) is 82.9 Å². The van der Waals surface area contributed by atoms with Crippen molar-refractivity contribution in [3.63, 3.8) is 0 Å². The highest BCUT2D eigenvalue weighted by Gasteiger charge is 2.61. The molecular formula is C85H129NO36. The number of carbonyl (C=O) groups is 1. The highest BCUT2D eigenvalue weighted by molar-refractivity contribution is 5.91. The van der Waals surface area contributed by atoms with Gasteiger partial charge in [-0.05, 0) is 92.1 Å². The number of methoxy groups -OCH3 is 17. The van der Waals surface area contributed by atoms with Crippen LogP contribution in [0.2, 0.25) is 0 Å². The fraction of sp³-hybridized carbons (Fsp3) is 0.753. The lowest BCUT2D eigenvalue weighted by Crippen LogP contribution is -2.70. The molecule has 1 amide bonds. The van der Waals surface area contributed by atoms with Gasteiger partial charge in [0.05, 0.1) is 72.7 Å². The Bertz CT molecular complexity index is 3510. The summed E-state index contributed by atoms with van der Waals surface area (Å²) in [5, 5.41) is 11.8. The van der Waals surface area contributed by atoms with E-state index in [4.69, 9.17) is 166 Å². The lowest BCUT2D eigenvalue weighted by Gasteiger charge is -2.53. The van der Waals surface area contributed by atoms with Crippen molar-refractivity contribution in [1.29, 1.82) is 0 Å². The van der Waals surface area contributed by atoms with Gasteiger partial charge in [0, 0.05) is 144 Å². The number of aliphatic hydroxyl groups excluding tert-OH is 1. The molecule has 22 heterocycles. The molecule has 22 aliphatic rings. The Kier molecular flexibility index (Phi) is 41.0. The van der Waals surface area contributed by atoms with Gasteiger partial charge in [0.25, 0.3) is 0 Å². The molecule has 22 fully saturated rings. The van der Waals surface area contributed by atoms with Gasteiger partial charge in [0.1, 0.15) is 177 Å². The third kappa shape index (κ3) is 24.8. The molecule has 37 nitrogen and oxygen atoms in total. The maximum Gasteiger partial charge on any atom is 0.224 e. The molecule has 0 saturated carbocycles. The molecule has 2 N–H and O–H groups in total. The summed E-state index contributed by atoms with van der Waals surface area (Å²) in [6, 6.07) is 18.4. The van der Waals surface area contributed by atoms with E-state index < -0.39 is 184 Å². The Labute approximate surface area is 714 Å². The average Bonchev–Trinajstić information content (AvgIpc) is 0.754. The first-order valence-electron chi connectivity index (χ1n) is 40.9. The summed E-state index contributed by atoms with van der Waals surface area (Å²) in [6.07, 6.45) is -31.1. The zero-order valence-electron chi connectivity index (χ0n) is 73.4. The Morgan fingerprint density at radius 3 is 0.877 bits per heavy atom. The number of amides is 1. The zero-order chi connectivity index (χ0) is 87.4. The number of benzene rings is 3. The second kappa shape index (κ2) is 50.5. The summed E-state index contributed by atoms with van der Waals surface area (Å²) < 4.78 is 220. The third-order valence-electron chi connectivity index (χ3n) is 22.3. The van der Waals surface area contributed by atoms with E-state index >= 15 is 0 Å². The number of rotatable bonds is 40. The van der Waals surface area contributed by atoms with Crippen molar-refractivity contribution in [3.8, 4) is 29.1 Å². The molecule has 0 aromatic heterocycles. The Hall–Kier alpha value is -5.19. The fourth-order valence-corrected chi connectivity index (χ4v) is 16.6. The summed E-state index contributed by atoms with van der Waals surface area (Å²) in [6.45, 7) is 5.52. The standard InChI is InChI=1S/C85H129NO36/c1-47-39-51(40-48(2)61(47)109-38-37-107-36-35-106-34-32-87)86-60(88)21-20-33-108-52-28-24-49(25-29-52)22-23-50-26-30-53(31-27-50)110-46-59-67-73(99-13)79(105-19)85(116-59)121-66-58(45-93-7)114-83(77(103-17)72(66)98-12)119-64-56(43-91-5)112-81(75(101-15)70(64)96-10)117-62-54(41-89-3)111-80(74(100-14)68(62)94-8)118-63-55(42-90-4)113-82(76(102-16)69(63)95-9)120-65-57(44-92-6)115-84(122-67)78(104-18)71(65)97-11/h24-31,39-40,54-59,62-85,87H,20-21,32-38,41-46H2,1-19H3,(H,86,88)/t54-,55-,56-,57-,58-,59-,62+,63+,64+,65+,66+,67+,68-,69-,70-,71-,72-,73-,74-,75-,76-,77-,78-,79-,80-,81-,82-,83-,84-,85-/m1/s1. The van der Waals surface area contributed by atoms with Crippen LogP contribution in [0, 0.1) is 25.7 Å². The van der Waals surface area contributed by atoms with Crippen LogP contribution in [0.1, 0.15) is 35.1 Å². The molecule has 22 aliphatic heterocycles. The van der Waals surface area contributed by atoms with Crippen LogP contribution in [-0.4, -0.2) is 402 Å². The van der Waals surface area contributed by atoms with E-state index in [-0.39, 0.29) is 65.2 Å². The summed E-state index contributed by atoms with van der Waals surface area (Å²) >= 11 is 0. The molecule has 0 radical (unpaired) electrons. The van der Waals surface area contributed by atoms with Gasteiger partial charge in [-0.25, -0.2) is 0 Å². The first-order chi connectivity index (χ1) is 59.4. The van der Waals surface area contributed by atoms with Crippen LogP contribution < -0.4 is 19.5 Å². The number of ether oxygens (including phenoxy) is 34. The van der Waals surface area contributed by atoms with Crippen LogP contribution in [0.5, 0.6) is 17.2 Å². The van der Waals surface area contributed by atoms with Crippen LogP contribution in [0.25, 0.3) is 0 Å². The molecule has 12 bridgehead atoms. The van der Waals surface area contributed by atoms with Gasteiger partial charge in [0.2, 0.25) is 5.91 Å². The van der Waals surface area contributed by atoms with Gasteiger partial charge >= 0.3 is 0 Å². The highest BCUT2D eigenvalue weighted by Crippen LogP contribution is 2.43. The summed E-state index contributed by atoms with van der Waals surface area (Å²) in [5.74, 6) is 8.16. The van der Waals surface area contributed by atoms with Crippen LogP contribution in [-0.2, 0) is 152 Å². The summed E-state index contributed by atoms with van der Waals surface area (Å²) in [5.41, 5.74) is 3.89. The molecule has 0 spiro atoms. The normalized spacial score (nSPS) is 35.1. The number of hydrogen-bond acceptors (Lipinski definition) is 36. The Morgan fingerprint density at radius 2 is 0.598 bits per heavy atom. The molecule has 30 atom stereocenters. The second-order valence-corrected chi connectivity index (χ2v) is 29.9. The largest absolute Gasteiger partial charge is 0.494 e. The lowest BCUT2D eigenvalue weighted by atomic mass is 9.94. The minimum absolute atomic E-state index is 0.0312. The molecule has 25 rings (SSSR count). The minimum Gasteiger partial charge on any atom is -0.494 e. The first kappa shape index (κ1) is 99.0. The lowest BCUT2D eigenvalue weighted by molar-refractivity contribution is -0.409. The van der Waals surface area contributed by atoms with E-state index in [0.717, 1.165) is 22.4 Å². The van der Waals surface area contributed by atoms with Gasteiger partial charge in [-0.1, -0.05) is 11.8 Å². The summed E-state index contributed by atoms with van der Waals surface area (Å²) in [4.78, 5) is 13.0. The van der Waals surface area contributed by atoms with Gasteiger partial charge < -0.3 is 171 Å². The number of hydrogen-bond donors (Lipinski definition) is 2.